The summed E-state index contributed by atoms with van der Waals surface area (Å²) in [6, 6.07) is 15.4. The van der Waals surface area contributed by atoms with Crippen molar-refractivity contribution >= 4 is 11.6 Å². The third-order valence-electron chi connectivity index (χ3n) is 3.42. The van der Waals surface area contributed by atoms with Crippen molar-refractivity contribution in [2.45, 2.75) is 6.04 Å². The van der Waals surface area contributed by atoms with Crippen LogP contribution in [0.25, 0.3) is 11.1 Å². The van der Waals surface area contributed by atoms with Crippen LogP contribution >= 0.6 is 0 Å². The number of hydrogen-bond donors (Lipinski definition) is 2. The van der Waals surface area contributed by atoms with E-state index >= 15 is 0 Å². The number of fused-ring (bicyclic) bond motifs is 1. The third kappa shape index (κ3) is 2.26. The van der Waals surface area contributed by atoms with Crippen LogP contribution in [0.4, 0.5) is 5.69 Å². The van der Waals surface area contributed by atoms with Gasteiger partial charge in [-0.3, -0.25) is 4.79 Å². The van der Waals surface area contributed by atoms with E-state index < -0.39 is 0 Å². The van der Waals surface area contributed by atoms with Crippen LogP contribution in [-0.2, 0) is 4.79 Å². The van der Waals surface area contributed by atoms with Crippen LogP contribution in [0.2, 0.25) is 0 Å². The average molecular weight is 268 g/mol. The summed E-state index contributed by atoms with van der Waals surface area (Å²) in [4.78, 5) is 12.0. The van der Waals surface area contributed by atoms with Crippen LogP contribution in [0.1, 0.15) is 0 Å². The molecule has 4 heteroatoms. The molecule has 0 spiro atoms. The largest absolute Gasteiger partial charge is 0.489 e. The first-order valence-corrected chi connectivity index (χ1v) is 6.59. The Balaban J connectivity index is 2.05. The van der Waals surface area contributed by atoms with E-state index in [1.165, 1.54) is 0 Å². The number of rotatable bonds is 2. The van der Waals surface area contributed by atoms with Gasteiger partial charge >= 0.3 is 0 Å². The first-order chi connectivity index (χ1) is 9.79. The topological polar surface area (TPSA) is 50.4 Å². The molecule has 2 aromatic carbocycles. The van der Waals surface area contributed by atoms with Crippen LogP contribution in [0.5, 0.6) is 5.75 Å². The number of ether oxygens (including phenoxy) is 1. The van der Waals surface area contributed by atoms with E-state index in [0.717, 1.165) is 16.9 Å². The van der Waals surface area contributed by atoms with Gasteiger partial charge in [-0.05, 0) is 18.7 Å². The van der Waals surface area contributed by atoms with Crippen LogP contribution in [0, 0.1) is 0 Å². The van der Waals surface area contributed by atoms with Crippen LogP contribution in [0.3, 0.4) is 0 Å². The second kappa shape index (κ2) is 5.35. The Bertz CT molecular complexity index is 626. The molecule has 0 bridgehead atoms. The van der Waals surface area contributed by atoms with E-state index in [1.54, 1.807) is 7.05 Å². The second-order valence-electron chi connectivity index (χ2n) is 4.69. The Labute approximate surface area is 117 Å². The number of likely N-dealkylation sites (N-methyl/N-ethyl adjacent to an activating group) is 1. The lowest BCUT2D eigenvalue weighted by Crippen LogP contribution is -2.41. The predicted octanol–water partition coefficient (Wildman–Crippen LogP) is 2.27. The number of para-hydroxylation sites is 1. The molecule has 1 aliphatic heterocycles. The van der Waals surface area contributed by atoms with Gasteiger partial charge in [0.15, 0.2) is 5.75 Å². The van der Waals surface area contributed by atoms with Crippen molar-refractivity contribution in [1.82, 2.24) is 5.32 Å². The number of anilines is 1. The van der Waals surface area contributed by atoms with Gasteiger partial charge in [0.1, 0.15) is 12.6 Å². The average Bonchev–Trinajstić information content (AvgIpc) is 2.65. The van der Waals surface area contributed by atoms with Crippen molar-refractivity contribution in [2.75, 3.05) is 19.0 Å². The zero-order valence-corrected chi connectivity index (χ0v) is 11.2. The highest BCUT2D eigenvalue weighted by Crippen LogP contribution is 2.37. The quantitative estimate of drug-likeness (QED) is 0.878. The highest BCUT2D eigenvalue weighted by atomic mass is 16.5. The summed E-state index contributed by atoms with van der Waals surface area (Å²) in [5.74, 6) is 0.654. The third-order valence-corrected chi connectivity index (χ3v) is 3.42. The number of carbonyl (C=O) groups excluding carboxylic acids is 1. The predicted molar refractivity (Wildman–Crippen MR) is 78.9 cm³/mol. The number of carbonyl (C=O) groups is 1. The van der Waals surface area contributed by atoms with Crippen molar-refractivity contribution in [3.8, 4) is 16.9 Å². The van der Waals surface area contributed by atoms with Crippen molar-refractivity contribution in [3.05, 3.63) is 48.5 Å². The maximum absolute atomic E-state index is 12.0. The maximum Gasteiger partial charge on any atom is 0.245 e. The van der Waals surface area contributed by atoms with E-state index in [1.807, 2.05) is 48.5 Å². The van der Waals surface area contributed by atoms with Crippen molar-refractivity contribution < 1.29 is 9.53 Å². The summed E-state index contributed by atoms with van der Waals surface area (Å²) in [6.45, 7) is 0.319. The summed E-state index contributed by atoms with van der Waals surface area (Å²) >= 11 is 0. The fraction of sp³-hybridized carbons (Fsp3) is 0.188. The summed E-state index contributed by atoms with van der Waals surface area (Å²) in [5.41, 5.74) is 2.77. The molecule has 0 saturated heterocycles. The van der Waals surface area contributed by atoms with Crippen molar-refractivity contribution in [3.63, 3.8) is 0 Å². The molecule has 0 radical (unpaired) electrons. The first-order valence-electron chi connectivity index (χ1n) is 6.59. The molecule has 1 heterocycles. The zero-order valence-electron chi connectivity index (χ0n) is 11.2. The lowest BCUT2D eigenvalue weighted by molar-refractivity contribution is -0.118. The van der Waals surface area contributed by atoms with Crippen LogP contribution in [0.15, 0.2) is 48.5 Å². The molecule has 4 nitrogen and oxygen atoms in total. The Morgan fingerprint density at radius 2 is 1.95 bits per heavy atom. The second-order valence-corrected chi connectivity index (χ2v) is 4.69. The molecular formula is C16H16N2O2. The van der Waals surface area contributed by atoms with Crippen molar-refractivity contribution in [1.29, 1.82) is 0 Å². The van der Waals surface area contributed by atoms with E-state index in [9.17, 15) is 4.79 Å². The van der Waals surface area contributed by atoms with Gasteiger partial charge in [0.25, 0.3) is 0 Å². The van der Waals surface area contributed by atoms with Crippen LogP contribution in [-0.4, -0.2) is 25.6 Å². The molecule has 0 saturated carbocycles. The normalized spacial score (nSPS) is 17.6. The standard InChI is InChI=1S/C16H16N2O2/c1-17-14-10-20-15-12(11-6-3-2-4-7-11)8-5-9-13(15)18-16(14)19/h2-9,14,17H,10H2,1H3,(H,18,19)/t14-/m0/s1. The van der Waals surface area contributed by atoms with E-state index in [2.05, 4.69) is 10.6 Å². The molecule has 102 valence electrons. The van der Waals surface area contributed by atoms with Gasteiger partial charge in [-0.25, -0.2) is 0 Å². The first kappa shape index (κ1) is 12.7. The minimum absolute atomic E-state index is 0.0727. The Hall–Kier alpha value is -2.33. The maximum atomic E-state index is 12.0. The number of benzene rings is 2. The fourth-order valence-corrected chi connectivity index (χ4v) is 2.31. The molecule has 0 fully saturated rings. The Kier molecular flexibility index (Phi) is 3.39. The molecule has 0 unspecified atom stereocenters. The smallest absolute Gasteiger partial charge is 0.245 e. The molecule has 2 N–H and O–H groups in total. The van der Waals surface area contributed by atoms with Crippen LogP contribution < -0.4 is 15.4 Å². The highest BCUT2D eigenvalue weighted by Gasteiger charge is 2.24. The van der Waals surface area contributed by atoms with Gasteiger partial charge in [-0.1, -0.05) is 42.5 Å². The lowest BCUT2D eigenvalue weighted by atomic mass is 10.0. The molecular weight excluding hydrogens is 252 g/mol. The minimum Gasteiger partial charge on any atom is -0.489 e. The van der Waals surface area contributed by atoms with Gasteiger partial charge < -0.3 is 15.4 Å². The number of hydrogen-bond acceptors (Lipinski definition) is 3. The van der Waals surface area contributed by atoms with E-state index in [-0.39, 0.29) is 11.9 Å². The summed E-state index contributed by atoms with van der Waals surface area (Å²) in [5, 5.41) is 5.86. The molecule has 20 heavy (non-hydrogen) atoms. The lowest BCUT2D eigenvalue weighted by Gasteiger charge is -2.13. The molecule has 1 atom stereocenters. The molecule has 0 aromatic heterocycles. The monoisotopic (exact) mass is 268 g/mol. The number of nitrogens with one attached hydrogen (secondary N) is 2. The van der Waals surface area contributed by atoms with Gasteiger partial charge in [0, 0.05) is 5.56 Å². The molecule has 2 aromatic rings. The summed E-state index contributed by atoms with van der Waals surface area (Å²) < 4.78 is 5.86. The highest BCUT2D eigenvalue weighted by molar-refractivity contribution is 5.98. The van der Waals surface area contributed by atoms with E-state index in [4.69, 9.17) is 4.74 Å². The number of amides is 1. The van der Waals surface area contributed by atoms with Gasteiger partial charge in [0.05, 0.1) is 5.69 Å². The Morgan fingerprint density at radius 1 is 1.15 bits per heavy atom. The SMILES string of the molecule is CN[C@H]1COc2c(cccc2-c2ccccc2)NC1=O. The van der Waals surface area contributed by atoms with Crippen molar-refractivity contribution in [2.24, 2.45) is 0 Å². The summed E-state index contributed by atoms with van der Waals surface area (Å²) in [7, 11) is 1.75. The zero-order chi connectivity index (χ0) is 13.9. The molecule has 0 aliphatic carbocycles. The van der Waals surface area contributed by atoms with E-state index in [0.29, 0.717) is 12.3 Å². The molecule has 1 aliphatic rings. The Morgan fingerprint density at radius 3 is 2.70 bits per heavy atom. The van der Waals surface area contributed by atoms with Gasteiger partial charge in [0.2, 0.25) is 5.91 Å². The molecule has 1 amide bonds. The fourth-order valence-electron chi connectivity index (χ4n) is 2.31. The summed E-state index contributed by atoms with van der Waals surface area (Å²) in [6.07, 6.45) is 0. The molecule has 3 rings (SSSR count). The van der Waals surface area contributed by atoms with Gasteiger partial charge in [-0.15, -0.1) is 0 Å². The minimum atomic E-state index is -0.342. The van der Waals surface area contributed by atoms with Gasteiger partial charge in [-0.2, -0.15) is 0 Å².